The van der Waals surface area contributed by atoms with Gasteiger partial charge in [0.15, 0.2) is 11.2 Å². The summed E-state index contributed by atoms with van der Waals surface area (Å²) < 4.78 is 18.1. The largest absolute Gasteiger partial charge is 0.507 e. The molecule has 3 rings (SSSR count). The van der Waals surface area contributed by atoms with Gasteiger partial charge in [-0.15, -0.1) is 0 Å². The van der Waals surface area contributed by atoms with E-state index in [-0.39, 0.29) is 17.0 Å². The van der Waals surface area contributed by atoms with Gasteiger partial charge in [0.05, 0.1) is 24.2 Å². The number of hydrogen-bond donors (Lipinski definition) is 3. The van der Waals surface area contributed by atoms with Crippen LogP contribution in [0.2, 0.25) is 0 Å². The summed E-state index contributed by atoms with van der Waals surface area (Å²) in [6, 6.07) is 8.57. The van der Waals surface area contributed by atoms with Crippen LogP contribution < -0.4 is 14.9 Å². The molecule has 0 bridgehead atoms. The Morgan fingerprint density at radius 2 is 1.38 bits per heavy atom. The predicted octanol–water partition coefficient (Wildman–Crippen LogP) is 6.63. The lowest BCUT2D eigenvalue weighted by Gasteiger charge is -2.16. The van der Waals surface area contributed by atoms with E-state index in [9.17, 15) is 14.7 Å². The molecule has 0 unspecified atom stereocenters. The molecule has 0 aliphatic heterocycles. The molecule has 2 aromatic carbocycles. The van der Waals surface area contributed by atoms with Gasteiger partial charge in [-0.3, -0.25) is 9.59 Å². The maximum Gasteiger partial charge on any atom is 0.503 e. The lowest BCUT2D eigenvalue weighted by atomic mass is 10.0. The minimum absolute atomic E-state index is 0.0115. The third-order valence-electron chi connectivity index (χ3n) is 5.93. The molecule has 0 saturated carbocycles. The first-order valence-electron chi connectivity index (χ1n) is 13.3. The van der Waals surface area contributed by atoms with Gasteiger partial charge >= 0.3 is 6.16 Å². The molecule has 0 radical (unpaired) electrons. The van der Waals surface area contributed by atoms with Gasteiger partial charge < -0.3 is 29.2 Å². The maximum atomic E-state index is 12.6. The second kappa shape index (κ2) is 15.4. The molecular weight excluding hydrogens is 504 g/mol. The van der Waals surface area contributed by atoms with Crippen molar-refractivity contribution >= 4 is 22.9 Å². The number of hydrogen-bond acceptors (Lipinski definition) is 7. The smallest absolute Gasteiger partial charge is 0.503 e. The number of carboxylic acid groups (broad SMARTS) is 2. The van der Waals surface area contributed by atoms with Gasteiger partial charge in [0.2, 0.25) is 0 Å². The minimum atomic E-state index is -1.83. The Bertz CT molecular complexity index is 1320. The molecule has 0 aliphatic rings. The Hall–Kier alpha value is -4.01. The first-order chi connectivity index (χ1) is 18.6. The van der Waals surface area contributed by atoms with Crippen molar-refractivity contribution in [3.05, 3.63) is 63.0 Å². The highest BCUT2D eigenvalue weighted by atomic mass is 16.6. The fraction of sp³-hybridized carbons (Fsp3) is 0.433. The van der Waals surface area contributed by atoms with E-state index in [1.165, 1.54) is 6.92 Å². The average Bonchev–Trinajstić information content (AvgIpc) is 2.86. The van der Waals surface area contributed by atoms with Crippen molar-refractivity contribution in [3.8, 4) is 17.2 Å². The molecular formula is C30H38O9. The summed E-state index contributed by atoms with van der Waals surface area (Å²) in [6.45, 7) is 8.44. The van der Waals surface area contributed by atoms with Gasteiger partial charge in [-0.05, 0) is 50.5 Å². The Morgan fingerprint density at radius 1 is 0.846 bits per heavy atom. The quantitative estimate of drug-likeness (QED) is 0.160. The molecule has 0 fully saturated rings. The minimum Gasteiger partial charge on any atom is -0.507 e. The van der Waals surface area contributed by atoms with Crippen LogP contribution in [0.15, 0.2) is 39.5 Å². The number of Topliss-reactive ketones (excluding diaryl/α,β-unsaturated/α-hetero) is 1. The maximum absolute atomic E-state index is 12.6. The number of phenolic OH excluding ortho intramolecular Hbond substituents is 1. The molecule has 1 aromatic heterocycles. The second-order valence-electron chi connectivity index (χ2n) is 9.07. The highest BCUT2D eigenvalue weighted by Gasteiger charge is 2.17. The molecule has 3 aromatic rings. The van der Waals surface area contributed by atoms with E-state index in [0.29, 0.717) is 59.7 Å². The summed E-state index contributed by atoms with van der Waals surface area (Å²) in [5.74, 6) is 1.87. The Kier molecular flexibility index (Phi) is 12.3. The van der Waals surface area contributed by atoms with E-state index in [0.717, 1.165) is 43.4 Å². The van der Waals surface area contributed by atoms with Crippen molar-refractivity contribution in [3.63, 3.8) is 0 Å². The molecule has 0 saturated heterocycles. The van der Waals surface area contributed by atoms with E-state index in [1.54, 1.807) is 24.3 Å². The third kappa shape index (κ3) is 8.77. The number of aromatic hydroxyl groups is 1. The molecule has 212 valence electrons. The van der Waals surface area contributed by atoms with Crippen LogP contribution >= 0.6 is 0 Å². The van der Waals surface area contributed by atoms with E-state index < -0.39 is 6.16 Å². The molecule has 39 heavy (non-hydrogen) atoms. The Balaban J connectivity index is 0.00000124. The standard InChI is InChI=1S/C29H36O6.CH2O3/c1-5-9-20-18-25(31)22-13-15-27(24(11-7-3)29(22)35-20)34-17-8-16-33-26-14-12-21(19(4)30)28(32)23(26)10-6-2;2-1(3)4/h12-15,18,32H,5-11,16-17H2,1-4H3;(H2,2,3,4). The van der Waals surface area contributed by atoms with Gasteiger partial charge in [-0.25, -0.2) is 4.79 Å². The fourth-order valence-corrected chi connectivity index (χ4v) is 4.25. The summed E-state index contributed by atoms with van der Waals surface area (Å²) in [5.41, 5.74) is 2.52. The molecule has 3 N–H and O–H groups in total. The van der Waals surface area contributed by atoms with Gasteiger partial charge in [-0.2, -0.15) is 0 Å². The molecule has 9 nitrogen and oxygen atoms in total. The first-order valence-corrected chi connectivity index (χ1v) is 13.3. The molecule has 0 aliphatic carbocycles. The zero-order valence-electron chi connectivity index (χ0n) is 23.0. The molecule has 0 atom stereocenters. The molecule has 9 heteroatoms. The zero-order valence-corrected chi connectivity index (χ0v) is 23.0. The van der Waals surface area contributed by atoms with Crippen LogP contribution in [0.4, 0.5) is 4.79 Å². The van der Waals surface area contributed by atoms with Gasteiger partial charge in [0, 0.05) is 30.0 Å². The zero-order chi connectivity index (χ0) is 28.9. The van der Waals surface area contributed by atoms with Crippen molar-refractivity contribution in [2.75, 3.05) is 13.2 Å². The van der Waals surface area contributed by atoms with Crippen LogP contribution in [0.3, 0.4) is 0 Å². The summed E-state index contributed by atoms with van der Waals surface area (Å²) in [7, 11) is 0. The Labute approximate surface area is 228 Å². The molecule has 0 amide bonds. The van der Waals surface area contributed by atoms with Crippen molar-refractivity contribution < 1.29 is 38.8 Å². The van der Waals surface area contributed by atoms with Crippen molar-refractivity contribution in [2.24, 2.45) is 0 Å². The SMILES string of the molecule is CCCc1cc(=O)c2ccc(OCCCOc3ccc(C(C)=O)c(O)c3CCC)c(CCC)c2o1.O=C(O)O. The number of carbonyl (C=O) groups is 2. The summed E-state index contributed by atoms with van der Waals surface area (Å²) >= 11 is 0. The van der Waals surface area contributed by atoms with E-state index in [1.807, 2.05) is 13.0 Å². The number of ether oxygens (including phenoxy) is 2. The van der Waals surface area contributed by atoms with Crippen LogP contribution in [0.1, 0.15) is 80.6 Å². The topological polar surface area (TPSA) is 144 Å². The van der Waals surface area contributed by atoms with Crippen LogP contribution in [0, 0.1) is 0 Å². The van der Waals surface area contributed by atoms with Gasteiger partial charge in [0.25, 0.3) is 0 Å². The number of ketones is 1. The average molecular weight is 543 g/mol. The summed E-state index contributed by atoms with van der Waals surface area (Å²) in [5, 5.41) is 25.0. The molecule has 1 heterocycles. The van der Waals surface area contributed by atoms with Gasteiger partial charge in [-0.1, -0.05) is 33.6 Å². The Morgan fingerprint density at radius 3 is 1.95 bits per heavy atom. The highest BCUT2D eigenvalue weighted by Crippen LogP contribution is 2.33. The lowest BCUT2D eigenvalue weighted by molar-refractivity contribution is 0.101. The van der Waals surface area contributed by atoms with Crippen LogP contribution in [0.5, 0.6) is 17.2 Å². The normalized spacial score (nSPS) is 10.6. The van der Waals surface area contributed by atoms with Crippen molar-refractivity contribution in [1.82, 2.24) is 0 Å². The fourth-order valence-electron chi connectivity index (χ4n) is 4.25. The van der Waals surface area contributed by atoms with Crippen LogP contribution in [-0.2, 0) is 19.3 Å². The third-order valence-corrected chi connectivity index (χ3v) is 5.93. The van der Waals surface area contributed by atoms with Crippen LogP contribution in [-0.4, -0.2) is 40.5 Å². The van der Waals surface area contributed by atoms with Crippen LogP contribution in [0.25, 0.3) is 11.0 Å². The van der Waals surface area contributed by atoms with Crippen molar-refractivity contribution in [2.45, 2.75) is 72.6 Å². The predicted molar refractivity (Wildman–Crippen MR) is 149 cm³/mol. The first kappa shape index (κ1) is 31.2. The van der Waals surface area contributed by atoms with E-state index >= 15 is 0 Å². The number of rotatable bonds is 13. The second-order valence-corrected chi connectivity index (χ2v) is 9.07. The summed E-state index contributed by atoms with van der Waals surface area (Å²) in [4.78, 5) is 32.9. The number of benzene rings is 2. The molecule has 0 spiro atoms. The van der Waals surface area contributed by atoms with E-state index in [2.05, 4.69) is 13.8 Å². The van der Waals surface area contributed by atoms with Crippen molar-refractivity contribution in [1.29, 1.82) is 0 Å². The number of carbonyl (C=O) groups excluding carboxylic acids is 1. The monoisotopic (exact) mass is 542 g/mol. The lowest BCUT2D eigenvalue weighted by Crippen LogP contribution is -2.09. The number of phenols is 1. The van der Waals surface area contributed by atoms with E-state index in [4.69, 9.17) is 28.9 Å². The highest BCUT2D eigenvalue weighted by molar-refractivity contribution is 5.97. The number of aryl methyl sites for hydroxylation is 2. The van der Waals surface area contributed by atoms with Gasteiger partial charge in [0.1, 0.15) is 28.6 Å². The number of fused-ring (bicyclic) bond motifs is 1. The summed E-state index contributed by atoms with van der Waals surface area (Å²) in [6.07, 6.45) is 3.54.